The molecule has 0 aromatic carbocycles. The van der Waals surface area contributed by atoms with Gasteiger partial charge in [0.1, 0.15) is 0 Å². The van der Waals surface area contributed by atoms with Crippen LogP contribution in [0.1, 0.15) is 25.7 Å². The molecule has 2 aliphatic rings. The van der Waals surface area contributed by atoms with Crippen molar-refractivity contribution in [3.05, 3.63) is 0 Å². The van der Waals surface area contributed by atoms with Gasteiger partial charge in [0, 0.05) is 0 Å². The van der Waals surface area contributed by atoms with Crippen LogP contribution in [0.5, 0.6) is 0 Å². The summed E-state index contributed by atoms with van der Waals surface area (Å²) in [5.41, 5.74) is -1.11. The summed E-state index contributed by atoms with van der Waals surface area (Å²) in [6, 6.07) is 0. The second kappa shape index (κ2) is 1.37. The number of carboxylic acids is 1. The predicted molar refractivity (Wildman–Crippen MR) is 33.5 cm³/mol. The lowest BCUT2D eigenvalue weighted by Gasteiger charge is -2.40. The molecule has 0 aromatic rings. The summed E-state index contributed by atoms with van der Waals surface area (Å²) < 4.78 is 0. The number of hydrogen-bond donors (Lipinski definition) is 2. The van der Waals surface area contributed by atoms with E-state index in [9.17, 15) is 9.90 Å². The second-order valence-corrected chi connectivity index (χ2v) is 3.69. The normalized spacial score (nSPS) is 31.3. The molecule has 0 saturated heterocycles. The van der Waals surface area contributed by atoms with Gasteiger partial charge in [-0.25, -0.2) is 4.79 Å². The zero-order valence-corrected chi connectivity index (χ0v) is 5.63. The second-order valence-electron chi connectivity index (χ2n) is 3.69. The topological polar surface area (TPSA) is 57.5 Å². The summed E-state index contributed by atoms with van der Waals surface area (Å²) in [4.78, 5) is 10.4. The van der Waals surface area contributed by atoms with Crippen LogP contribution in [0.3, 0.4) is 0 Å². The van der Waals surface area contributed by atoms with E-state index in [1.807, 2.05) is 0 Å². The number of rotatable bonds is 1. The highest BCUT2D eigenvalue weighted by atomic mass is 16.4. The minimum atomic E-state index is -1.36. The van der Waals surface area contributed by atoms with Gasteiger partial charge in [0.15, 0.2) is 5.60 Å². The first-order valence-corrected chi connectivity index (χ1v) is 3.52. The molecular formula is C7H10O3. The molecule has 2 saturated carbocycles. The molecule has 3 nitrogen and oxygen atoms in total. The van der Waals surface area contributed by atoms with E-state index in [4.69, 9.17) is 5.11 Å². The third kappa shape index (κ3) is 0.611. The van der Waals surface area contributed by atoms with Crippen molar-refractivity contribution >= 4 is 5.97 Å². The molecule has 2 N–H and O–H groups in total. The quantitative estimate of drug-likeness (QED) is 0.556. The molecule has 2 rings (SSSR count). The molecular weight excluding hydrogens is 132 g/mol. The van der Waals surface area contributed by atoms with E-state index in [0.717, 1.165) is 12.8 Å². The molecule has 2 aliphatic carbocycles. The zero-order chi connectivity index (χ0) is 7.41. The molecule has 1 spiro atoms. The van der Waals surface area contributed by atoms with E-state index < -0.39 is 11.6 Å². The van der Waals surface area contributed by atoms with Crippen molar-refractivity contribution in [3.63, 3.8) is 0 Å². The van der Waals surface area contributed by atoms with Gasteiger partial charge < -0.3 is 10.2 Å². The van der Waals surface area contributed by atoms with Gasteiger partial charge in [-0.05, 0) is 31.1 Å². The van der Waals surface area contributed by atoms with Crippen molar-refractivity contribution in [1.82, 2.24) is 0 Å². The molecule has 0 unspecified atom stereocenters. The molecule has 0 heterocycles. The first kappa shape index (κ1) is 6.16. The highest BCUT2D eigenvalue weighted by molar-refractivity contribution is 5.79. The van der Waals surface area contributed by atoms with Crippen LogP contribution in [0.4, 0.5) is 0 Å². The Morgan fingerprint density at radius 3 is 2.10 bits per heavy atom. The Kier molecular flexibility index (Phi) is 0.844. The van der Waals surface area contributed by atoms with Gasteiger partial charge in [-0.15, -0.1) is 0 Å². The summed E-state index contributed by atoms with van der Waals surface area (Å²) in [5.74, 6) is -1.05. The van der Waals surface area contributed by atoms with Crippen LogP contribution < -0.4 is 0 Å². The number of carboxylic acid groups (broad SMARTS) is 1. The lowest BCUT2D eigenvalue weighted by molar-refractivity contribution is -0.176. The number of aliphatic carboxylic acids is 1. The van der Waals surface area contributed by atoms with Crippen LogP contribution in [0, 0.1) is 5.41 Å². The van der Waals surface area contributed by atoms with E-state index in [2.05, 4.69) is 0 Å². The Bertz CT molecular complexity index is 185. The Hall–Kier alpha value is -0.570. The van der Waals surface area contributed by atoms with Crippen LogP contribution in [0.15, 0.2) is 0 Å². The average Bonchev–Trinajstić information content (AvgIpc) is 2.44. The number of carbonyl (C=O) groups is 1. The predicted octanol–water partition coefficient (Wildman–Crippen LogP) is 0.376. The maximum Gasteiger partial charge on any atom is 0.335 e. The summed E-state index contributed by atoms with van der Waals surface area (Å²) >= 11 is 0. The Balaban J connectivity index is 2.04. The largest absolute Gasteiger partial charge is 0.479 e. The molecule has 0 aromatic heterocycles. The fourth-order valence-electron chi connectivity index (χ4n) is 1.87. The number of aliphatic hydroxyl groups is 1. The van der Waals surface area contributed by atoms with Crippen molar-refractivity contribution in [3.8, 4) is 0 Å². The smallest absolute Gasteiger partial charge is 0.335 e. The minimum Gasteiger partial charge on any atom is -0.479 e. The number of hydrogen-bond acceptors (Lipinski definition) is 2. The lowest BCUT2D eigenvalue weighted by Crippen LogP contribution is -2.51. The highest BCUT2D eigenvalue weighted by Crippen LogP contribution is 2.64. The molecule has 3 heteroatoms. The van der Waals surface area contributed by atoms with Gasteiger partial charge in [-0.2, -0.15) is 0 Å². The van der Waals surface area contributed by atoms with Crippen molar-refractivity contribution in [2.24, 2.45) is 5.41 Å². The zero-order valence-electron chi connectivity index (χ0n) is 5.63. The summed E-state index contributed by atoms with van der Waals surface area (Å²) in [6.45, 7) is 0. The Morgan fingerprint density at radius 2 is 1.80 bits per heavy atom. The lowest BCUT2D eigenvalue weighted by atomic mass is 9.68. The van der Waals surface area contributed by atoms with Gasteiger partial charge in [-0.1, -0.05) is 0 Å². The van der Waals surface area contributed by atoms with Gasteiger partial charge in [0.2, 0.25) is 0 Å². The van der Waals surface area contributed by atoms with E-state index in [0.29, 0.717) is 12.8 Å². The Labute approximate surface area is 58.7 Å². The molecule has 0 bridgehead atoms. The van der Waals surface area contributed by atoms with Crippen molar-refractivity contribution in [1.29, 1.82) is 0 Å². The summed E-state index contributed by atoms with van der Waals surface area (Å²) in [7, 11) is 0. The first-order valence-electron chi connectivity index (χ1n) is 3.52. The SMILES string of the molecule is O=C(O)C1(O)CC2(CC2)C1. The van der Waals surface area contributed by atoms with E-state index in [1.165, 1.54) is 0 Å². The van der Waals surface area contributed by atoms with Crippen molar-refractivity contribution in [2.45, 2.75) is 31.3 Å². The van der Waals surface area contributed by atoms with E-state index in [-0.39, 0.29) is 5.41 Å². The van der Waals surface area contributed by atoms with Gasteiger partial charge in [-0.3, -0.25) is 0 Å². The summed E-state index contributed by atoms with van der Waals surface area (Å²) in [6.07, 6.45) is 3.19. The fourth-order valence-corrected chi connectivity index (χ4v) is 1.87. The molecule has 56 valence electrons. The van der Waals surface area contributed by atoms with Crippen LogP contribution >= 0.6 is 0 Å². The maximum absolute atomic E-state index is 10.4. The molecule has 2 fully saturated rings. The van der Waals surface area contributed by atoms with Gasteiger partial charge in [0.05, 0.1) is 0 Å². The summed E-state index contributed by atoms with van der Waals surface area (Å²) in [5, 5.41) is 17.8. The standard InChI is InChI=1S/C7H10O3/c8-5(9)7(10)3-6(4-7)1-2-6/h10H,1-4H2,(H,8,9). The minimum absolute atomic E-state index is 0.257. The van der Waals surface area contributed by atoms with E-state index >= 15 is 0 Å². The van der Waals surface area contributed by atoms with Gasteiger partial charge in [0.25, 0.3) is 0 Å². The average molecular weight is 142 g/mol. The van der Waals surface area contributed by atoms with Crippen molar-refractivity contribution < 1.29 is 15.0 Å². The molecule has 0 atom stereocenters. The third-order valence-electron chi connectivity index (χ3n) is 2.69. The van der Waals surface area contributed by atoms with Crippen LogP contribution in [0.25, 0.3) is 0 Å². The van der Waals surface area contributed by atoms with Crippen LogP contribution in [-0.2, 0) is 4.79 Å². The monoisotopic (exact) mass is 142 g/mol. The molecule has 0 radical (unpaired) electrons. The van der Waals surface area contributed by atoms with Crippen molar-refractivity contribution in [2.75, 3.05) is 0 Å². The molecule has 0 aliphatic heterocycles. The molecule has 10 heavy (non-hydrogen) atoms. The Morgan fingerprint density at radius 1 is 1.30 bits per heavy atom. The highest BCUT2D eigenvalue weighted by Gasteiger charge is 2.63. The van der Waals surface area contributed by atoms with Crippen LogP contribution in [0.2, 0.25) is 0 Å². The first-order chi connectivity index (χ1) is 4.56. The van der Waals surface area contributed by atoms with Gasteiger partial charge >= 0.3 is 5.97 Å². The van der Waals surface area contributed by atoms with Crippen LogP contribution in [-0.4, -0.2) is 21.8 Å². The van der Waals surface area contributed by atoms with E-state index in [1.54, 1.807) is 0 Å². The third-order valence-corrected chi connectivity index (χ3v) is 2.69. The maximum atomic E-state index is 10.4. The fraction of sp³-hybridized carbons (Fsp3) is 0.857. The molecule has 0 amide bonds.